The molecule has 0 unspecified atom stereocenters. The van der Waals surface area contributed by atoms with Crippen molar-refractivity contribution in [2.75, 3.05) is 12.3 Å². The number of hydrogen-bond donors (Lipinski definition) is 1. The quantitative estimate of drug-likeness (QED) is 0.477. The number of halogens is 1. The minimum Gasteiger partial charge on any atom is -0.355 e. The first-order valence-corrected chi connectivity index (χ1v) is 11.1. The van der Waals surface area contributed by atoms with E-state index in [4.69, 9.17) is 11.6 Å². The van der Waals surface area contributed by atoms with Gasteiger partial charge in [-0.25, -0.2) is 4.98 Å². The topological polar surface area (TPSA) is 42.0 Å². The predicted octanol–water partition coefficient (Wildman–Crippen LogP) is 5.37. The molecule has 0 aliphatic carbocycles. The first-order valence-electron chi connectivity index (χ1n) is 8.79. The van der Waals surface area contributed by atoms with Gasteiger partial charge < -0.3 is 5.32 Å². The zero-order valence-corrected chi connectivity index (χ0v) is 17.2. The summed E-state index contributed by atoms with van der Waals surface area (Å²) in [5, 5.41) is 6.92. The number of rotatable bonds is 9. The van der Waals surface area contributed by atoms with Crippen LogP contribution >= 0.6 is 34.7 Å². The molecule has 0 bridgehead atoms. The highest BCUT2D eigenvalue weighted by atomic mass is 35.5. The molecule has 0 spiro atoms. The molecule has 1 aromatic heterocycles. The summed E-state index contributed by atoms with van der Waals surface area (Å²) in [5.41, 5.74) is 2.33. The third-order valence-corrected chi connectivity index (χ3v) is 6.43. The van der Waals surface area contributed by atoms with Gasteiger partial charge in [0.1, 0.15) is 0 Å². The molecule has 6 heteroatoms. The van der Waals surface area contributed by atoms with Crippen molar-refractivity contribution in [1.82, 2.24) is 10.3 Å². The second-order valence-electron chi connectivity index (χ2n) is 6.03. The van der Waals surface area contributed by atoms with E-state index >= 15 is 0 Å². The lowest BCUT2D eigenvalue weighted by atomic mass is 10.0. The van der Waals surface area contributed by atoms with Gasteiger partial charge in [-0.3, -0.25) is 4.79 Å². The monoisotopic (exact) mass is 416 g/mol. The number of nitrogens with zero attached hydrogens (tertiary/aromatic N) is 1. The smallest absolute Gasteiger partial charge is 0.230 e. The Bertz CT molecular complexity index is 823. The summed E-state index contributed by atoms with van der Waals surface area (Å²) in [6, 6.07) is 18.1. The van der Waals surface area contributed by atoms with Crippen molar-refractivity contribution < 1.29 is 4.79 Å². The number of amides is 1. The lowest BCUT2D eigenvalue weighted by Crippen LogP contribution is -2.26. The number of thiazole rings is 1. The molecule has 3 aromatic rings. The maximum absolute atomic E-state index is 12.3. The van der Waals surface area contributed by atoms with Crippen LogP contribution in [0, 0.1) is 0 Å². The highest BCUT2D eigenvalue weighted by molar-refractivity contribution is 8.00. The highest BCUT2D eigenvalue weighted by Crippen LogP contribution is 2.35. The fraction of sp³-hybridized carbons (Fsp3) is 0.238. The van der Waals surface area contributed by atoms with Crippen LogP contribution in [0.1, 0.15) is 27.8 Å². The summed E-state index contributed by atoms with van der Waals surface area (Å²) in [4.78, 5) is 16.5. The molecule has 2 aromatic carbocycles. The minimum absolute atomic E-state index is 0.0639. The second kappa shape index (κ2) is 10.5. The fourth-order valence-electron chi connectivity index (χ4n) is 2.70. The molecule has 3 nitrogen and oxygen atoms in total. The largest absolute Gasteiger partial charge is 0.355 e. The minimum atomic E-state index is 0.0639. The molecule has 0 saturated carbocycles. The molecular formula is C21H21ClN2OS2. The van der Waals surface area contributed by atoms with E-state index < -0.39 is 0 Å². The van der Waals surface area contributed by atoms with Crippen LogP contribution in [-0.4, -0.2) is 23.2 Å². The van der Waals surface area contributed by atoms with E-state index in [1.54, 1.807) is 23.1 Å². The molecule has 27 heavy (non-hydrogen) atoms. The first-order chi connectivity index (χ1) is 13.2. The molecule has 0 aliphatic heterocycles. The molecule has 140 valence electrons. The molecule has 0 saturated heterocycles. The zero-order chi connectivity index (χ0) is 18.9. The third kappa shape index (κ3) is 6.38. The number of hydrogen-bond acceptors (Lipinski definition) is 4. The van der Waals surface area contributed by atoms with Crippen molar-refractivity contribution in [1.29, 1.82) is 0 Å². The van der Waals surface area contributed by atoms with E-state index in [-0.39, 0.29) is 11.2 Å². The lowest BCUT2D eigenvalue weighted by Gasteiger charge is -2.18. The van der Waals surface area contributed by atoms with Crippen LogP contribution in [0.4, 0.5) is 0 Å². The molecule has 3 rings (SSSR count). The van der Waals surface area contributed by atoms with Gasteiger partial charge >= 0.3 is 0 Å². The van der Waals surface area contributed by atoms with E-state index in [1.807, 2.05) is 54.0 Å². The lowest BCUT2D eigenvalue weighted by molar-refractivity contribution is -0.118. The average molecular weight is 417 g/mol. The summed E-state index contributed by atoms with van der Waals surface area (Å²) in [7, 11) is 0. The van der Waals surface area contributed by atoms with Crippen molar-refractivity contribution in [2.24, 2.45) is 0 Å². The van der Waals surface area contributed by atoms with Gasteiger partial charge in [-0.2, -0.15) is 0 Å². The normalized spacial score (nSPS) is 11.9. The van der Waals surface area contributed by atoms with Gasteiger partial charge in [-0.1, -0.05) is 54.1 Å². The Hall–Kier alpha value is -1.82. The van der Waals surface area contributed by atoms with Gasteiger partial charge in [0.15, 0.2) is 0 Å². The van der Waals surface area contributed by atoms with E-state index in [9.17, 15) is 4.79 Å². The fourth-order valence-corrected chi connectivity index (χ4v) is 4.61. The van der Waals surface area contributed by atoms with E-state index in [1.165, 1.54) is 5.56 Å². The summed E-state index contributed by atoms with van der Waals surface area (Å²) in [5.74, 6) is 0.480. The summed E-state index contributed by atoms with van der Waals surface area (Å²) in [6.07, 6.45) is 3.63. The Kier molecular flexibility index (Phi) is 7.75. The van der Waals surface area contributed by atoms with Crippen molar-refractivity contribution in [3.63, 3.8) is 0 Å². The number of benzene rings is 2. The van der Waals surface area contributed by atoms with Gasteiger partial charge in [0, 0.05) is 29.6 Å². The van der Waals surface area contributed by atoms with Gasteiger partial charge in [-0.05, 0) is 29.7 Å². The van der Waals surface area contributed by atoms with E-state index in [2.05, 4.69) is 22.4 Å². The van der Waals surface area contributed by atoms with Crippen molar-refractivity contribution in [3.05, 3.63) is 87.3 Å². The van der Waals surface area contributed by atoms with Crippen LogP contribution in [0.15, 0.2) is 66.2 Å². The van der Waals surface area contributed by atoms with Crippen LogP contribution in [0.3, 0.4) is 0 Å². The standard InChI is InChI=1S/C21H21ClN2OS2/c22-18-10-8-17(9-11-18)21(16-5-2-1-3-6-16)27-15-19(25)23-12-4-7-20-24-13-14-26-20/h1-3,5-6,8-11,13-14,21H,4,7,12,15H2,(H,23,25)/t21-/m0/s1. The molecular weight excluding hydrogens is 396 g/mol. The van der Waals surface area contributed by atoms with Crippen LogP contribution in [-0.2, 0) is 11.2 Å². The molecule has 0 fully saturated rings. The SMILES string of the molecule is O=C(CS[C@@H](c1ccccc1)c1ccc(Cl)cc1)NCCCc1nccs1. The third-order valence-electron chi connectivity index (χ3n) is 4.03. The Morgan fingerprint density at radius 2 is 1.85 bits per heavy atom. The van der Waals surface area contributed by atoms with Gasteiger partial charge in [0.05, 0.1) is 16.0 Å². The van der Waals surface area contributed by atoms with Gasteiger partial charge in [0.2, 0.25) is 5.91 Å². The second-order valence-corrected chi connectivity index (χ2v) is 8.54. The maximum Gasteiger partial charge on any atom is 0.230 e. The van der Waals surface area contributed by atoms with Crippen LogP contribution in [0.5, 0.6) is 0 Å². The molecule has 1 amide bonds. The number of carbonyl (C=O) groups is 1. The summed E-state index contributed by atoms with van der Waals surface area (Å²) < 4.78 is 0. The molecule has 0 radical (unpaired) electrons. The van der Waals surface area contributed by atoms with Gasteiger partial charge in [0.25, 0.3) is 0 Å². The predicted molar refractivity (Wildman–Crippen MR) is 116 cm³/mol. The maximum atomic E-state index is 12.3. The van der Waals surface area contributed by atoms with Crippen molar-refractivity contribution >= 4 is 40.6 Å². The summed E-state index contributed by atoms with van der Waals surface area (Å²) >= 11 is 9.31. The van der Waals surface area contributed by atoms with Crippen molar-refractivity contribution in [2.45, 2.75) is 18.1 Å². The Morgan fingerprint density at radius 3 is 2.56 bits per heavy atom. The molecule has 0 aliphatic rings. The van der Waals surface area contributed by atoms with E-state index in [0.717, 1.165) is 23.4 Å². The number of carbonyl (C=O) groups excluding carboxylic acids is 1. The Labute approximate surface area is 173 Å². The first kappa shape index (κ1) is 19.9. The number of aromatic nitrogens is 1. The number of thioether (sulfide) groups is 1. The molecule has 1 N–H and O–H groups in total. The van der Waals surface area contributed by atoms with Gasteiger partial charge in [-0.15, -0.1) is 23.1 Å². The van der Waals surface area contributed by atoms with Crippen LogP contribution in [0.25, 0.3) is 0 Å². The summed E-state index contributed by atoms with van der Waals surface area (Å²) in [6.45, 7) is 0.677. The molecule has 1 heterocycles. The van der Waals surface area contributed by atoms with Crippen molar-refractivity contribution in [3.8, 4) is 0 Å². The van der Waals surface area contributed by atoms with Crippen LogP contribution < -0.4 is 5.32 Å². The van der Waals surface area contributed by atoms with E-state index in [0.29, 0.717) is 17.3 Å². The average Bonchev–Trinajstić information content (AvgIpc) is 3.21. The van der Waals surface area contributed by atoms with Crippen LogP contribution in [0.2, 0.25) is 5.02 Å². The number of aryl methyl sites for hydroxylation is 1. The molecule has 1 atom stereocenters. The Morgan fingerprint density at radius 1 is 1.11 bits per heavy atom. The highest BCUT2D eigenvalue weighted by Gasteiger charge is 2.16. The number of nitrogens with one attached hydrogen (secondary N) is 1. The zero-order valence-electron chi connectivity index (χ0n) is 14.8. The Balaban J connectivity index is 1.53.